The highest BCUT2D eigenvalue weighted by Crippen LogP contribution is 2.34. The van der Waals surface area contributed by atoms with Gasteiger partial charge < -0.3 is 0 Å². The molecule has 12 heteroatoms. The zero-order chi connectivity index (χ0) is 69.1. The summed E-state index contributed by atoms with van der Waals surface area (Å²) in [4.78, 5) is 34.0. The van der Waals surface area contributed by atoms with Gasteiger partial charge in [-0.25, -0.2) is 19.5 Å². The summed E-state index contributed by atoms with van der Waals surface area (Å²) in [5, 5.41) is 11.1. The van der Waals surface area contributed by atoms with Crippen molar-refractivity contribution in [3.63, 3.8) is 0 Å². The number of hydrogen-bond acceptors (Lipinski definition) is 11. The lowest BCUT2D eigenvalue weighted by atomic mass is 9.85. The first-order chi connectivity index (χ1) is 43.3. The lowest BCUT2D eigenvalue weighted by Gasteiger charge is -2.20. The predicted octanol–water partition coefficient (Wildman–Crippen LogP) is 22.3. The minimum Gasteiger partial charge on any atom is -0.265 e. The second kappa shape index (κ2) is 32.8. The van der Waals surface area contributed by atoms with Crippen LogP contribution in [-0.4, -0.2) is 49.5 Å². The highest BCUT2D eigenvalue weighted by atomic mass is 32.1. The Bertz CT molecular complexity index is 3800. The molecule has 0 saturated carbocycles. The molecule has 0 fully saturated rings. The molecule has 12 rings (SSSR count). The monoisotopic (exact) mass is 1280 g/mol. The number of aromatic nitrogens is 10. The molecular weight excluding hydrogens is 1180 g/mol. The van der Waals surface area contributed by atoms with E-state index < -0.39 is 0 Å². The van der Waals surface area contributed by atoms with E-state index in [1.165, 1.54) is 59.9 Å². The van der Waals surface area contributed by atoms with E-state index in [9.17, 15) is 0 Å². The molecule has 0 spiro atoms. The smallest absolute Gasteiger partial charge is 0.123 e. The summed E-state index contributed by atoms with van der Waals surface area (Å²) < 4.78 is 3.25. The van der Waals surface area contributed by atoms with Crippen LogP contribution in [0.5, 0.6) is 0 Å². The Hall–Kier alpha value is -7.93. The third kappa shape index (κ3) is 24.2. The van der Waals surface area contributed by atoms with Gasteiger partial charge in [0.1, 0.15) is 11.2 Å². The van der Waals surface area contributed by atoms with Crippen molar-refractivity contribution in [3.8, 4) is 0 Å². The first-order valence-electron chi connectivity index (χ1n) is 32.2. The largest absolute Gasteiger partial charge is 0.265 e. The fraction of sp³-hybridized carbons (Fsp3) is 0.395. The van der Waals surface area contributed by atoms with E-state index >= 15 is 0 Å². The molecule has 0 amide bonds. The van der Waals surface area contributed by atoms with Crippen LogP contribution in [0.25, 0.3) is 36.9 Å². The topological polar surface area (TPSA) is 120 Å². The number of nitrogens with zero attached hydrogens (tertiary/aromatic N) is 10. The quantitative estimate of drug-likeness (QED) is 0.146. The average molecular weight is 1280 g/mol. The molecule has 93 heavy (non-hydrogen) atoms. The molecule has 0 bridgehead atoms. The van der Waals surface area contributed by atoms with Gasteiger partial charge >= 0.3 is 0 Å². The lowest BCUT2D eigenvalue weighted by Crippen LogP contribution is -2.12. The van der Waals surface area contributed by atoms with Gasteiger partial charge in [-0.1, -0.05) is 190 Å². The van der Waals surface area contributed by atoms with E-state index in [4.69, 9.17) is 0 Å². The fourth-order valence-electron chi connectivity index (χ4n) is 9.55. The lowest BCUT2D eigenvalue weighted by molar-refractivity contribution is 0.567. The molecule has 0 N–H and O–H groups in total. The van der Waals surface area contributed by atoms with Crippen LogP contribution in [0.1, 0.15) is 211 Å². The molecule has 12 aromatic rings. The van der Waals surface area contributed by atoms with Gasteiger partial charge in [0.2, 0.25) is 0 Å². The maximum absolute atomic E-state index is 4.36. The minimum atomic E-state index is 0.142. The van der Waals surface area contributed by atoms with Gasteiger partial charge in [-0.05, 0) is 173 Å². The first kappa shape index (κ1) is 75.8. The van der Waals surface area contributed by atoms with Crippen molar-refractivity contribution in [3.05, 3.63) is 251 Å². The molecule has 0 aliphatic heterocycles. The van der Waals surface area contributed by atoms with Crippen LogP contribution in [0.3, 0.4) is 0 Å². The zero-order valence-corrected chi connectivity index (χ0v) is 62.1. The van der Waals surface area contributed by atoms with Crippen molar-refractivity contribution in [2.75, 3.05) is 0 Å². The van der Waals surface area contributed by atoms with E-state index in [2.05, 4.69) is 313 Å². The number of benzene rings is 1. The Morgan fingerprint density at radius 1 is 0.312 bits per heavy atom. The molecule has 0 unspecified atom stereocenters. The predicted molar refractivity (Wildman–Crippen MR) is 401 cm³/mol. The van der Waals surface area contributed by atoms with Gasteiger partial charge in [0.05, 0.1) is 27.4 Å². The Morgan fingerprint density at radius 3 is 1.18 bits per heavy atom. The molecule has 0 saturated heterocycles. The molecular formula is C81H106N10S2. The summed E-state index contributed by atoms with van der Waals surface area (Å²) in [6.45, 7) is 52.9. The van der Waals surface area contributed by atoms with Crippen molar-refractivity contribution in [2.45, 2.75) is 209 Å². The van der Waals surface area contributed by atoms with E-state index in [0.29, 0.717) is 0 Å². The Morgan fingerprint density at radius 2 is 0.742 bits per heavy atom. The summed E-state index contributed by atoms with van der Waals surface area (Å²) in [5.74, 6) is 0. The van der Waals surface area contributed by atoms with Crippen LogP contribution in [0.4, 0.5) is 0 Å². The third-order valence-electron chi connectivity index (χ3n) is 15.0. The van der Waals surface area contributed by atoms with Crippen molar-refractivity contribution in [1.82, 2.24) is 49.5 Å². The molecule has 1 aromatic carbocycles. The van der Waals surface area contributed by atoms with Crippen LogP contribution in [-0.2, 0) is 43.3 Å². The van der Waals surface area contributed by atoms with Crippen molar-refractivity contribution < 1.29 is 0 Å². The van der Waals surface area contributed by atoms with Crippen molar-refractivity contribution in [2.24, 2.45) is 0 Å². The Balaban J connectivity index is 0.000000193. The third-order valence-corrected chi connectivity index (χ3v) is 16.8. The molecule has 10 nitrogen and oxygen atoms in total. The maximum atomic E-state index is 4.36. The number of fused-ring (bicyclic) bond motifs is 4. The van der Waals surface area contributed by atoms with E-state index in [1.54, 1.807) is 35.2 Å². The Labute approximate surface area is 566 Å². The zero-order valence-electron chi connectivity index (χ0n) is 60.4. The standard InChI is InChI=1S/C13H15N.C11H14N2.2C11H13NS.3C9H13N.C8H12N2/c1-13(2,3)11-8-9-14-12-7-5-4-6-10(11)12;1-11(2,3)9-8-12-13-7-5-4-6-10(9)13;1-11(2,3)9-4-6-12-10-8(9)5-7-13-10;1-11(2,3)8-4-6-12-9-5-7-13-10(8)9;3*1-9(2,3)8-4-6-10-7-5-8;1-8(2,3)7-4-5-9-6-10-7/h4-9H,1-3H3;4-8H,1-3H3;2*4-7H,1-3H3;3*4-7H,1-3H3;4-6H,1-3H3. The van der Waals surface area contributed by atoms with Crippen LogP contribution >= 0.6 is 22.7 Å². The van der Waals surface area contributed by atoms with Crippen LogP contribution < -0.4 is 0 Å². The summed E-state index contributed by atoms with van der Waals surface area (Å²) in [6.07, 6.45) is 24.0. The second-order valence-corrected chi connectivity index (χ2v) is 33.1. The number of pyridine rings is 7. The summed E-state index contributed by atoms with van der Waals surface area (Å²) in [5.41, 5.74) is 15.6. The molecule has 0 radical (unpaired) electrons. The summed E-state index contributed by atoms with van der Waals surface area (Å²) in [6, 6.07) is 39.3. The number of para-hydroxylation sites is 1. The fourth-order valence-corrected chi connectivity index (χ4v) is 11.4. The number of rotatable bonds is 0. The van der Waals surface area contributed by atoms with Gasteiger partial charge in [-0.3, -0.25) is 24.9 Å². The van der Waals surface area contributed by atoms with Gasteiger partial charge in [-0.15, -0.1) is 22.7 Å². The second-order valence-electron chi connectivity index (χ2n) is 31.3. The van der Waals surface area contributed by atoms with Crippen molar-refractivity contribution in [1.29, 1.82) is 0 Å². The van der Waals surface area contributed by atoms with Gasteiger partial charge in [0, 0.05) is 95.6 Å². The van der Waals surface area contributed by atoms with Gasteiger partial charge in [0.15, 0.2) is 0 Å². The van der Waals surface area contributed by atoms with E-state index in [0.717, 1.165) is 21.6 Å². The SMILES string of the molecule is CC(C)(C)c1ccnc2ccccc12.CC(C)(C)c1ccnc2ccsc12.CC(C)(C)c1ccnc2sccc12.CC(C)(C)c1ccncc1.CC(C)(C)c1ccncc1.CC(C)(C)c1ccncc1.CC(C)(C)c1ccncn1.CC(C)(C)c1cnn2ccccc12. The molecule has 0 atom stereocenters. The average Bonchev–Trinajstić information content (AvgIpc) is 1.83. The molecule has 11 aromatic heterocycles. The van der Waals surface area contributed by atoms with Gasteiger partial charge in [-0.2, -0.15) is 5.10 Å². The summed E-state index contributed by atoms with van der Waals surface area (Å²) in [7, 11) is 0. The minimum absolute atomic E-state index is 0.142. The van der Waals surface area contributed by atoms with E-state index in [1.807, 2.05) is 96.9 Å². The van der Waals surface area contributed by atoms with Crippen LogP contribution in [0.2, 0.25) is 0 Å². The van der Waals surface area contributed by atoms with Crippen LogP contribution in [0, 0.1) is 0 Å². The van der Waals surface area contributed by atoms with Crippen molar-refractivity contribution >= 4 is 59.5 Å². The normalized spacial score (nSPS) is 11.9. The highest BCUT2D eigenvalue weighted by Gasteiger charge is 2.21. The van der Waals surface area contributed by atoms with Gasteiger partial charge in [0.25, 0.3) is 0 Å². The molecule has 11 heterocycles. The molecule has 0 aliphatic rings. The number of hydrogen-bond donors (Lipinski definition) is 0. The highest BCUT2D eigenvalue weighted by molar-refractivity contribution is 7.17. The maximum Gasteiger partial charge on any atom is 0.123 e. The molecule has 0 aliphatic carbocycles. The van der Waals surface area contributed by atoms with E-state index in [-0.39, 0.29) is 43.3 Å². The summed E-state index contributed by atoms with van der Waals surface area (Å²) >= 11 is 3.48. The van der Waals surface area contributed by atoms with Crippen LogP contribution in [0.15, 0.2) is 207 Å². The first-order valence-corrected chi connectivity index (χ1v) is 33.9. The molecule has 492 valence electrons. The Kier molecular flexibility index (Phi) is 26.7. The number of thiophene rings is 2.